The molecule has 0 unspecified atom stereocenters. The van der Waals surface area contributed by atoms with Crippen LogP contribution in [0.3, 0.4) is 0 Å². The van der Waals surface area contributed by atoms with E-state index in [9.17, 15) is 4.79 Å². The number of carbonyl (C=O) groups excluding carboxylic acids is 1. The number of nitrogens with zero attached hydrogens (tertiary/aromatic N) is 1. The van der Waals surface area contributed by atoms with Crippen LogP contribution in [-0.4, -0.2) is 37.0 Å². The van der Waals surface area contributed by atoms with Crippen molar-refractivity contribution in [3.8, 4) is 5.75 Å². The molecule has 2 atom stereocenters. The Bertz CT molecular complexity index is 1020. The standard InChI is InChI=1S/C24H25BrN2O2/c1-16-13-27(14-17-8-4-3-5-9-17)15-22(16)26-24(28)20-12-21(25)18-10-6-7-11-19(18)23(20)29-2/h3-12,16,22H,13-15H2,1-2H3,(H,26,28)/t16-,22-/m1/s1. The van der Waals surface area contributed by atoms with E-state index in [2.05, 4.69) is 57.3 Å². The molecule has 4 nitrogen and oxygen atoms in total. The lowest BCUT2D eigenvalue weighted by Gasteiger charge is -2.19. The first-order valence-corrected chi connectivity index (χ1v) is 10.7. The Morgan fingerprint density at radius 1 is 1.10 bits per heavy atom. The zero-order chi connectivity index (χ0) is 20.4. The molecule has 1 amide bonds. The highest BCUT2D eigenvalue weighted by molar-refractivity contribution is 9.10. The van der Waals surface area contributed by atoms with Gasteiger partial charge in [0.15, 0.2) is 0 Å². The summed E-state index contributed by atoms with van der Waals surface area (Å²) in [4.78, 5) is 15.6. The highest BCUT2D eigenvalue weighted by atomic mass is 79.9. The van der Waals surface area contributed by atoms with Crippen molar-refractivity contribution in [1.82, 2.24) is 10.2 Å². The van der Waals surface area contributed by atoms with Crippen LogP contribution >= 0.6 is 15.9 Å². The van der Waals surface area contributed by atoms with E-state index < -0.39 is 0 Å². The lowest BCUT2D eigenvalue weighted by atomic mass is 10.0. The maximum Gasteiger partial charge on any atom is 0.255 e. The zero-order valence-electron chi connectivity index (χ0n) is 16.7. The van der Waals surface area contributed by atoms with Crippen LogP contribution in [0.2, 0.25) is 0 Å². The third kappa shape index (κ3) is 4.16. The molecule has 0 radical (unpaired) electrons. The number of likely N-dealkylation sites (tertiary alicyclic amines) is 1. The molecular formula is C24H25BrN2O2. The minimum Gasteiger partial charge on any atom is -0.495 e. The van der Waals surface area contributed by atoms with Gasteiger partial charge in [0.05, 0.1) is 12.7 Å². The number of hydrogen-bond acceptors (Lipinski definition) is 3. The van der Waals surface area contributed by atoms with Crippen molar-refractivity contribution < 1.29 is 9.53 Å². The third-order valence-electron chi connectivity index (χ3n) is 5.65. The minimum absolute atomic E-state index is 0.0910. The van der Waals surface area contributed by atoms with E-state index in [-0.39, 0.29) is 11.9 Å². The van der Waals surface area contributed by atoms with Gasteiger partial charge in [-0.2, -0.15) is 0 Å². The normalized spacial score (nSPS) is 19.4. The van der Waals surface area contributed by atoms with Gasteiger partial charge in [-0.1, -0.05) is 77.5 Å². The van der Waals surface area contributed by atoms with Crippen LogP contribution in [0.25, 0.3) is 10.8 Å². The second kappa shape index (κ2) is 8.56. The Labute approximate surface area is 180 Å². The smallest absolute Gasteiger partial charge is 0.255 e. The molecule has 150 valence electrons. The van der Waals surface area contributed by atoms with Crippen molar-refractivity contribution in [3.63, 3.8) is 0 Å². The van der Waals surface area contributed by atoms with Crippen LogP contribution in [0.5, 0.6) is 5.75 Å². The lowest BCUT2D eigenvalue weighted by molar-refractivity contribution is 0.0928. The summed E-state index contributed by atoms with van der Waals surface area (Å²) in [5.41, 5.74) is 1.86. The lowest BCUT2D eigenvalue weighted by Crippen LogP contribution is -2.40. The molecule has 1 heterocycles. The van der Waals surface area contributed by atoms with Crippen LogP contribution < -0.4 is 10.1 Å². The molecule has 29 heavy (non-hydrogen) atoms. The highest BCUT2D eigenvalue weighted by Gasteiger charge is 2.31. The summed E-state index contributed by atoms with van der Waals surface area (Å²) in [7, 11) is 1.62. The molecule has 1 aliphatic heterocycles. The summed E-state index contributed by atoms with van der Waals surface area (Å²) >= 11 is 3.61. The Morgan fingerprint density at radius 3 is 2.52 bits per heavy atom. The molecule has 4 rings (SSSR count). The number of methoxy groups -OCH3 is 1. The SMILES string of the molecule is COc1c(C(=O)N[C@@H]2CN(Cc3ccccc3)C[C@H]2C)cc(Br)c2ccccc12. The summed E-state index contributed by atoms with van der Waals surface area (Å²) in [6.07, 6.45) is 0. The fourth-order valence-corrected chi connectivity index (χ4v) is 4.74. The summed E-state index contributed by atoms with van der Waals surface area (Å²) in [5, 5.41) is 5.21. The molecule has 0 spiro atoms. The summed E-state index contributed by atoms with van der Waals surface area (Å²) in [5.74, 6) is 0.914. The van der Waals surface area contributed by atoms with Crippen molar-refractivity contribution in [3.05, 3.63) is 76.3 Å². The Morgan fingerprint density at radius 2 is 1.79 bits per heavy atom. The van der Waals surface area contributed by atoms with Crippen molar-refractivity contribution in [2.24, 2.45) is 5.92 Å². The third-order valence-corrected chi connectivity index (χ3v) is 6.30. The molecule has 0 saturated carbocycles. The van der Waals surface area contributed by atoms with Gasteiger partial charge in [0, 0.05) is 35.5 Å². The van der Waals surface area contributed by atoms with Crippen LogP contribution in [0.15, 0.2) is 65.1 Å². The molecular weight excluding hydrogens is 428 g/mol. The fourth-order valence-electron chi connectivity index (χ4n) is 4.16. The second-order valence-corrected chi connectivity index (χ2v) is 8.58. The topological polar surface area (TPSA) is 41.6 Å². The molecule has 3 aromatic rings. The summed E-state index contributed by atoms with van der Waals surface area (Å²) in [6, 6.07) is 20.4. The molecule has 1 saturated heterocycles. The maximum atomic E-state index is 13.2. The van der Waals surface area contributed by atoms with Gasteiger partial charge in [-0.3, -0.25) is 9.69 Å². The number of amides is 1. The van der Waals surface area contributed by atoms with Crippen LogP contribution in [0.1, 0.15) is 22.8 Å². The van der Waals surface area contributed by atoms with Gasteiger partial charge in [0.2, 0.25) is 0 Å². The minimum atomic E-state index is -0.0910. The molecule has 3 aromatic carbocycles. The summed E-state index contributed by atoms with van der Waals surface area (Å²) in [6.45, 7) is 4.92. The zero-order valence-corrected chi connectivity index (χ0v) is 18.3. The predicted octanol–water partition coefficient (Wildman–Crippen LogP) is 4.86. The number of halogens is 1. The largest absolute Gasteiger partial charge is 0.495 e. The Balaban J connectivity index is 1.52. The van der Waals surface area contributed by atoms with Gasteiger partial charge in [0.25, 0.3) is 5.91 Å². The van der Waals surface area contributed by atoms with Gasteiger partial charge < -0.3 is 10.1 Å². The van der Waals surface area contributed by atoms with E-state index in [1.807, 2.05) is 36.4 Å². The van der Waals surface area contributed by atoms with Crippen molar-refractivity contribution in [1.29, 1.82) is 0 Å². The fraction of sp³-hybridized carbons (Fsp3) is 0.292. The van der Waals surface area contributed by atoms with E-state index >= 15 is 0 Å². The van der Waals surface area contributed by atoms with Gasteiger partial charge >= 0.3 is 0 Å². The van der Waals surface area contributed by atoms with Crippen molar-refractivity contribution in [2.45, 2.75) is 19.5 Å². The molecule has 1 aliphatic rings. The molecule has 1 fully saturated rings. The Hall–Kier alpha value is -2.37. The van der Waals surface area contributed by atoms with Gasteiger partial charge in [0.1, 0.15) is 5.75 Å². The van der Waals surface area contributed by atoms with Gasteiger partial charge in [-0.25, -0.2) is 0 Å². The second-order valence-electron chi connectivity index (χ2n) is 7.72. The van der Waals surface area contributed by atoms with Crippen LogP contribution in [0.4, 0.5) is 0 Å². The molecule has 0 aliphatic carbocycles. The van der Waals surface area contributed by atoms with E-state index in [1.165, 1.54) is 5.56 Å². The molecule has 0 aromatic heterocycles. The number of ether oxygens (including phenoxy) is 1. The quantitative estimate of drug-likeness (QED) is 0.600. The van der Waals surface area contributed by atoms with E-state index in [0.29, 0.717) is 17.2 Å². The van der Waals surface area contributed by atoms with Gasteiger partial charge in [-0.05, 0) is 22.9 Å². The van der Waals surface area contributed by atoms with Gasteiger partial charge in [-0.15, -0.1) is 0 Å². The molecule has 5 heteroatoms. The number of hydrogen-bond donors (Lipinski definition) is 1. The average molecular weight is 453 g/mol. The van der Waals surface area contributed by atoms with E-state index in [1.54, 1.807) is 7.11 Å². The number of rotatable bonds is 5. The predicted molar refractivity (Wildman–Crippen MR) is 120 cm³/mol. The van der Waals surface area contributed by atoms with Crippen molar-refractivity contribution >= 4 is 32.6 Å². The number of nitrogens with one attached hydrogen (secondary N) is 1. The van der Waals surface area contributed by atoms with Crippen molar-refractivity contribution in [2.75, 3.05) is 20.2 Å². The molecule has 1 N–H and O–H groups in total. The Kier molecular flexibility index (Phi) is 5.88. The number of benzene rings is 3. The van der Waals surface area contributed by atoms with E-state index in [4.69, 9.17) is 4.74 Å². The number of fused-ring (bicyclic) bond motifs is 1. The van der Waals surface area contributed by atoms with Crippen LogP contribution in [0, 0.1) is 5.92 Å². The first-order valence-electron chi connectivity index (χ1n) is 9.89. The summed E-state index contributed by atoms with van der Waals surface area (Å²) < 4.78 is 6.53. The van der Waals surface area contributed by atoms with E-state index in [0.717, 1.165) is 34.9 Å². The molecule has 0 bridgehead atoms. The first kappa shape index (κ1) is 19.9. The maximum absolute atomic E-state index is 13.2. The monoisotopic (exact) mass is 452 g/mol. The number of carbonyl (C=O) groups is 1. The average Bonchev–Trinajstić information content (AvgIpc) is 3.07. The highest BCUT2D eigenvalue weighted by Crippen LogP contribution is 2.35. The van der Waals surface area contributed by atoms with Crippen LogP contribution in [-0.2, 0) is 6.54 Å². The first-order chi connectivity index (χ1) is 14.1.